The molecule has 0 bridgehead atoms. The van der Waals surface area contributed by atoms with Crippen LogP contribution in [-0.4, -0.2) is 50.8 Å². The third-order valence-corrected chi connectivity index (χ3v) is 4.66. The number of rotatable bonds is 4. The highest BCUT2D eigenvalue weighted by molar-refractivity contribution is 7.94. The van der Waals surface area contributed by atoms with Crippen molar-refractivity contribution in [2.24, 2.45) is 0 Å². The van der Waals surface area contributed by atoms with E-state index in [0.29, 0.717) is 6.04 Å². The van der Waals surface area contributed by atoms with E-state index in [2.05, 4.69) is 17.1 Å². The molecule has 0 radical (unpaired) electrons. The smallest absolute Gasteiger partial charge is 0.173 e. The zero-order valence-electron chi connectivity index (χ0n) is 9.72. The van der Waals surface area contributed by atoms with Gasteiger partial charge in [0.05, 0.1) is 5.75 Å². The standard InChI is InChI=1S/C11H20N2O2S/c1-2-5-12-10-3-6-13(8-10)11-4-7-16(14,15)9-11/h4,7,10-12H,2-3,5-6,8-9H2,1H3. The van der Waals surface area contributed by atoms with Gasteiger partial charge in [-0.1, -0.05) is 13.0 Å². The SMILES string of the molecule is CCCNC1CCN(C2C=CS(=O)(=O)C2)C1. The van der Waals surface area contributed by atoms with Gasteiger partial charge >= 0.3 is 0 Å². The number of hydrogen-bond donors (Lipinski definition) is 1. The van der Waals surface area contributed by atoms with Crippen molar-refractivity contribution in [2.75, 3.05) is 25.4 Å². The quantitative estimate of drug-likeness (QED) is 0.776. The fourth-order valence-electron chi connectivity index (χ4n) is 2.39. The van der Waals surface area contributed by atoms with Crippen LogP contribution in [0.1, 0.15) is 19.8 Å². The fourth-order valence-corrected chi connectivity index (χ4v) is 3.72. The second kappa shape index (κ2) is 4.85. The lowest BCUT2D eigenvalue weighted by atomic mass is 10.2. The highest BCUT2D eigenvalue weighted by atomic mass is 32.2. The Labute approximate surface area is 97.6 Å². The van der Waals surface area contributed by atoms with Gasteiger partial charge in [0, 0.05) is 30.6 Å². The van der Waals surface area contributed by atoms with E-state index in [-0.39, 0.29) is 11.8 Å². The van der Waals surface area contributed by atoms with Crippen LogP contribution in [0.3, 0.4) is 0 Å². The summed E-state index contributed by atoms with van der Waals surface area (Å²) < 4.78 is 22.6. The highest BCUT2D eigenvalue weighted by Gasteiger charge is 2.31. The molecule has 2 aliphatic rings. The van der Waals surface area contributed by atoms with Crippen molar-refractivity contribution < 1.29 is 8.42 Å². The summed E-state index contributed by atoms with van der Waals surface area (Å²) in [4.78, 5) is 2.27. The predicted molar refractivity (Wildman–Crippen MR) is 65.0 cm³/mol. The van der Waals surface area contributed by atoms with Crippen molar-refractivity contribution in [1.82, 2.24) is 10.2 Å². The summed E-state index contributed by atoms with van der Waals surface area (Å²) in [5.41, 5.74) is 0. The minimum Gasteiger partial charge on any atom is -0.313 e. The van der Waals surface area contributed by atoms with Crippen LogP contribution in [0.5, 0.6) is 0 Å². The van der Waals surface area contributed by atoms with E-state index in [1.807, 2.05) is 6.08 Å². The van der Waals surface area contributed by atoms with E-state index < -0.39 is 9.84 Å². The molecule has 1 fully saturated rings. The molecule has 2 unspecified atom stereocenters. The second-order valence-electron chi connectivity index (χ2n) is 4.66. The largest absolute Gasteiger partial charge is 0.313 e. The first-order chi connectivity index (χ1) is 7.61. The van der Waals surface area contributed by atoms with Gasteiger partial charge in [0.2, 0.25) is 0 Å². The average Bonchev–Trinajstić information content (AvgIpc) is 2.81. The monoisotopic (exact) mass is 244 g/mol. The molecule has 0 aliphatic carbocycles. The van der Waals surface area contributed by atoms with Crippen LogP contribution in [0.25, 0.3) is 0 Å². The van der Waals surface area contributed by atoms with Crippen molar-refractivity contribution in [3.63, 3.8) is 0 Å². The van der Waals surface area contributed by atoms with Crippen LogP contribution >= 0.6 is 0 Å². The van der Waals surface area contributed by atoms with E-state index in [1.54, 1.807) is 0 Å². The Balaban J connectivity index is 1.83. The molecule has 0 spiro atoms. The maximum Gasteiger partial charge on any atom is 0.173 e. The Morgan fingerprint density at radius 3 is 2.94 bits per heavy atom. The number of sulfone groups is 1. The summed E-state index contributed by atoms with van der Waals surface area (Å²) in [6.45, 7) is 5.19. The zero-order chi connectivity index (χ0) is 11.6. The van der Waals surface area contributed by atoms with Gasteiger partial charge in [0.15, 0.2) is 9.84 Å². The maximum atomic E-state index is 11.3. The van der Waals surface area contributed by atoms with Gasteiger partial charge in [-0.05, 0) is 19.4 Å². The molecule has 2 atom stereocenters. The van der Waals surface area contributed by atoms with Gasteiger partial charge in [-0.25, -0.2) is 8.42 Å². The molecule has 1 N–H and O–H groups in total. The lowest BCUT2D eigenvalue weighted by molar-refractivity contribution is 0.295. The zero-order valence-corrected chi connectivity index (χ0v) is 10.5. The minimum atomic E-state index is -2.91. The molecule has 0 aromatic carbocycles. The summed E-state index contributed by atoms with van der Waals surface area (Å²) in [5.74, 6) is 0.271. The van der Waals surface area contributed by atoms with Crippen molar-refractivity contribution >= 4 is 9.84 Å². The molecule has 2 rings (SSSR count). The normalized spacial score (nSPS) is 33.6. The number of nitrogens with one attached hydrogen (secondary N) is 1. The van der Waals surface area contributed by atoms with Gasteiger partial charge in [-0.2, -0.15) is 0 Å². The molecule has 2 aliphatic heterocycles. The van der Waals surface area contributed by atoms with Crippen LogP contribution in [0.2, 0.25) is 0 Å². The summed E-state index contributed by atoms with van der Waals surface area (Å²) >= 11 is 0. The predicted octanol–water partition coefficient (Wildman–Crippen LogP) is 0.371. The van der Waals surface area contributed by atoms with E-state index >= 15 is 0 Å². The van der Waals surface area contributed by atoms with E-state index in [9.17, 15) is 8.42 Å². The number of nitrogens with zero attached hydrogens (tertiary/aromatic N) is 1. The molecular weight excluding hydrogens is 224 g/mol. The first kappa shape index (κ1) is 12.1. The first-order valence-corrected chi connectivity index (χ1v) is 7.70. The molecule has 4 nitrogen and oxygen atoms in total. The Hall–Kier alpha value is -0.390. The van der Waals surface area contributed by atoms with Crippen LogP contribution in [0.15, 0.2) is 11.5 Å². The lowest BCUT2D eigenvalue weighted by Gasteiger charge is -2.21. The van der Waals surface area contributed by atoms with Crippen molar-refractivity contribution in [3.8, 4) is 0 Å². The lowest BCUT2D eigenvalue weighted by Crippen LogP contribution is -2.38. The van der Waals surface area contributed by atoms with Crippen LogP contribution in [0, 0.1) is 0 Å². The van der Waals surface area contributed by atoms with Crippen molar-refractivity contribution in [2.45, 2.75) is 31.8 Å². The number of likely N-dealkylation sites (tertiary alicyclic amines) is 1. The van der Waals surface area contributed by atoms with Crippen molar-refractivity contribution in [1.29, 1.82) is 0 Å². The van der Waals surface area contributed by atoms with Gasteiger partial charge in [0.25, 0.3) is 0 Å². The highest BCUT2D eigenvalue weighted by Crippen LogP contribution is 2.19. The average molecular weight is 244 g/mol. The van der Waals surface area contributed by atoms with Crippen LogP contribution in [-0.2, 0) is 9.84 Å². The Bertz CT molecular complexity index is 364. The molecule has 5 heteroatoms. The summed E-state index contributed by atoms with van der Waals surface area (Å²) in [5, 5.41) is 4.86. The second-order valence-corrected chi connectivity index (χ2v) is 6.59. The first-order valence-electron chi connectivity index (χ1n) is 5.99. The molecule has 16 heavy (non-hydrogen) atoms. The van der Waals surface area contributed by atoms with Crippen LogP contribution in [0.4, 0.5) is 0 Å². The Kier molecular flexibility index (Phi) is 3.66. The third-order valence-electron chi connectivity index (χ3n) is 3.28. The fraction of sp³-hybridized carbons (Fsp3) is 0.818. The van der Waals surface area contributed by atoms with Gasteiger partial charge in [-0.3, -0.25) is 4.90 Å². The molecule has 1 saturated heterocycles. The van der Waals surface area contributed by atoms with Crippen LogP contribution < -0.4 is 5.32 Å². The van der Waals surface area contributed by atoms with Gasteiger partial charge < -0.3 is 5.32 Å². The van der Waals surface area contributed by atoms with Crippen molar-refractivity contribution in [3.05, 3.63) is 11.5 Å². The van der Waals surface area contributed by atoms with E-state index in [4.69, 9.17) is 0 Å². The molecule has 0 amide bonds. The topological polar surface area (TPSA) is 49.4 Å². The third kappa shape index (κ3) is 2.84. The molecule has 0 aromatic heterocycles. The van der Waals surface area contributed by atoms with Gasteiger partial charge in [0.1, 0.15) is 0 Å². The molecule has 0 saturated carbocycles. The van der Waals surface area contributed by atoms with E-state index in [1.165, 1.54) is 5.41 Å². The molecular formula is C11H20N2O2S. The van der Waals surface area contributed by atoms with E-state index in [0.717, 1.165) is 32.5 Å². The molecule has 2 heterocycles. The molecule has 0 aromatic rings. The molecule has 92 valence electrons. The maximum absolute atomic E-state index is 11.3. The summed E-state index contributed by atoms with van der Waals surface area (Å²) in [6, 6.07) is 0.648. The van der Waals surface area contributed by atoms with Gasteiger partial charge in [-0.15, -0.1) is 0 Å². The summed E-state index contributed by atoms with van der Waals surface area (Å²) in [7, 11) is -2.91. The number of hydrogen-bond acceptors (Lipinski definition) is 4. The Morgan fingerprint density at radius 1 is 1.50 bits per heavy atom. The minimum absolute atomic E-state index is 0.110. The summed E-state index contributed by atoms with van der Waals surface area (Å²) in [6.07, 6.45) is 4.11. The Morgan fingerprint density at radius 2 is 2.31 bits per heavy atom.